The molecule has 2 aromatic carbocycles. The van der Waals surface area contributed by atoms with E-state index in [-0.39, 0.29) is 49.4 Å². The van der Waals surface area contributed by atoms with Gasteiger partial charge >= 0.3 is 0 Å². The summed E-state index contributed by atoms with van der Waals surface area (Å²) >= 11 is 0. The highest BCUT2D eigenvalue weighted by Gasteiger charge is 2.34. The topological polar surface area (TPSA) is 116 Å². The lowest BCUT2D eigenvalue weighted by molar-refractivity contribution is -0.115. The number of hydrogen-bond donors (Lipinski definition) is 2. The molecule has 0 saturated carbocycles. The van der Waals surface area contributed by atoms with Crippen molar-refractivity contribution < 1.29 is 27.9 Å². The molecule has 0 saturated heterocycles. The van der Waals surface area contributed by atoms with Gasteiger partial charge in [0.2, 0.25) is 15.9 Å². The first-order valence-corrected chi connectivity index (χ1v) is 13.3. The van der Waals surface area contributed by atoms with Gasteiger partial charge in [-0.15, -0.1) is 0 Å². The molecular formula is C25H33N3O6S. The molecule has 1 aliphatic heterocycles. The van der Waals surface area contributed by atoms with E-state index < -0.39 is 22.2 Å². The van der Waals surface area contributed by atoms with Crippen LogP contribution in [-0.4, -0.2) is 79.7 Å². The number of carbonyl (C=O) groups excluding carboxylic acids is 2. The summed E-state index contributed by atoms with van der Waals surface area (Å²) in [6.07, 6.45) is 0.782. The number of hydrogen-bond acceptors (Lipinski definition) is 6. The zero-order chi connectivity index (χ0) is 25.8. The number of ether oxygens (including phenoxy) is 1. The summed E-state index contributed by atoms with van der Waals surface area (Å²) in [6.45, 7) is 3.78. The van der Waals surface area contributed by atoms with E-state index in [1.165, 1.54) is 11.4 Å². The molecule has 9 nitrogen and oxygen atoms in total. The van der Waals surface area contributed by atoms with Crippen molar-refractivity contribution in [1.29, 1.82) is 0 Å². The third-order valence-corrected chi connectivity index (χ3v) is 7.44. The molecule has 0 fully saturated rings. The lowest BCUT2D eigenvalue weighted by Crippen LogP contribution is -2.50. The fraction of sp³-hybridized carbons (Fsp3) is 0.440. The third-order valence-electron chi connectivity index (χ3n) is 6.16. The van der Waals surface area contributed by atoms with Gasteiger partial charge in [0.25, 0.3) is 5.91 Å². The van der Waals surface area contributed by atoms with E-state index in [0.29, 0.717) is 11.4 Å². The van der Waals surface area contributed by atoms with E-state index in [2.05, 4.69) is 5.32 Å². The Labute approximate surface area is 206 Å². The van der Waals surface area contributed by atoms with Crippen molar-refractivity contribution in [3.05, 3.63) is 59.7 Å². The van der Waals surface area contributed by atoms with Gasteiger partial charge in [0.1, 0.15) is 11.9 Å². The Kier molecular flexibility index (Phi) is 8.52. The van der Waals surface area contributed by atoms with Crippen LogP contribution < -0.4 is 10.1 Å². The fourth-order valence-electron chi connectivity index (χ4n) is 3.89. The third kappa shape index (κ3) is 6.81. The van der Waals surface area contributed by atoms with Gasteiger partial charge in [-0.1, -0.05) is 37.3 Å². The molecule has 2 aromatic rings. The van der Waals surface area contributed by atoms with Crippen LogP contribution in [0.5, 0.6) is 5.75 Å². The van der Waals surface area contributed by atoms with Crippen molar-refractivity contribution in [1.82, 2.24) is 9.21 Å². The zero-order valence-electron chi connectivity index (χ0n) is 20.5. The molecule has 0 aromatic heterocycles. The minimum atomic E-state index is -3.43. The van der Waals surface area contributed by atoms with E-state index in [1.807, 2.05) is 37.3 Å². The first-order chi connectivity index (χ1) is 16.5. The van der Waals surface area contributed by atoms with Gasteiger partial charge in [-0.05, 0) is 30.7 Å². The molecule has 1 heterocycles. The van der Waals surface area contributed by atoms with Crippen LogP contribution in [0.15, 0.2) is 48.5 Å². The number of anilines is 1. The standard InChI is InChI=1S/C25H33N3O6S/c1-17-14-28(18(2)16-29)25(31)21-13-20(26-24(30)12-19-8-6-5-7-9-19)10-11-22(21)34-23(17)15-27(3)35(4,32)33/h5-11,13,17-18,23,29H,12,14-16H2,1-4H3,(H,26,30)/t17-,18+,23-/m0/s1. The number of aliphatic hydroxyl groups is 1. The molecule has 0 bridgehead atoms. The summed E-state index contributed by atoms with van der Waals surface area (Å²) in [5, 5.41) is 12.6. The molecule has 0 unspecified atom stereocenters. The second-order valence-electron chi connectivity index (χ2n) is 9.09. The monoisotopic (exact) mass is 503 g/mol. The predicted octanol–water partition coefficient (Wildman–Crippen LogP) is 1.98. The second-order valence-corrected chi connectivity index (χ2v) is 11.2. The van der Waals surface area contributed by atoms with E-state index in [0.717, 1.165) is 11.8 Å². The number of sulfonamides is 1. The summed E-state index contributed by atoms with van der Waals surface area (Å²) in [5.74, 6) is -0.472. The summed E-state index contributed by atoms with van der Waals surface area (Å²) in [5.41, 5.74) is 1.55. The highest BCUT2D eigenvalue weighted by Crippen LogP contribution is 2.31. The normalized spacial score (nSPS) is 19.4. The minimum Gasteiger partial charge on any atom is -0.488 e. The Balaban J connectivity index is 1.91. The number of benzene rings is 2. The van der Waals surface area contributed by atoms with Gasteiger partial charge in [-0.2, -0.15) is 0 Å². The second kappa shape index (κ2) is 11.2. The Hall–Kier alpha value is -2.95. The highest BCUT2D eigenvalue weighted by molar-refractivity contribution is 7.88. The van der Waals surface area contributed by atoms with Crippen LogP contribution in [0.4, 0.5) is 5.69 Å². The first kappa shape index (κ1) is 26.7. The van der Waals surface area contributed by atoms with E-state index in [1.54, 1.807) is 30.0 Å². The summed E-state index contributed by atoms with van der Waals surface area (Å²) in [6, 6.07) is 13.7. The van der Waals surface area contributed by atoms with Gasteiger partial charge in [0.15, 0.2) is 0 Å². The quantitative estimate of drug-likeness (QED) is 0.569. The van der Waals surface area contributed by atoms with Crippen LogP contribution in [0.25, 0.3) is 0 Å². The Morgan fingerprint density at radius 3 is 2.57 bits per heavy atom. The maximum absolute atomic E-state index is 13.5. The smallest absolute Gasteiger partial charge is 0.258 e. The van der Waals surface area contributed by atoms with Crippen molar-refractivity contribution >= 4 is 27.5 Å². The number of fused-ring (bicyclic) bond motifs is 1. The van der Waals surface area contributed by atoms with Gasteiger partial charge in [-0.25, -0.2) is 12.7 Å². The van der Waals surface area contributed by atoms with Crippen LogP contribution in [-0.2, 0) is 21.2 Å². The molecule has 0 aliphatic carbocycles. The molecule has 3 atom stereocenters. The summed E-state index contributed by atoms with van der Waals surface area (Å²) < 4.78 is 31.4. The molecule has 35 heavy (non-hydrogen) atoms. The van der Waals surface area contributed by atoms with Gasteiger partial charge in [0.05, 0.1) is 37.4 Å². The summed E-state index contributed by atoms with van der Waals surface area (Å²) in [7, 11) is -1.95. The Morgan fingerprint density at radius 2 is 1.94 bits per heavy atom. The van der Waals surface area contributed by atoms with Gasteiger partial charge in [-0.3, -0.25) is 9.59 Å². The molecule has 2 amide bonds. The minimum absolute atomic E-state index is 0.102. The maximum Gasteiger partial charge on any atom is 0.258 e. The summed E-state index contributed by atoms with van der Waals surface area (Å²) in [4.78, 5) is 27.6. The van der Waals surface area contributed by atoms with Crippen molar-refractivity contribution in [3.8, 4) is 5.75 Å². The average Bonchev–Trinajstić information content (AvgIpc) is 2.81. The first-order valence-electron chi connectivity index (χ1n) is 11.5. The average molecular weight is 504 g/mol. The van der Waals surface area contributed by atoms with Crippen LogP contribution in [0, 0.1) is 5.92 Å². The van der Waals surface area contributed by atoms with Crippen LogP contribution >= 0.6 is 0 Å². The number of likely N-dealkylation sites (N-methyl/N-ethyl adjacent to an activating group) is 1. The zero-order valence-corrected chi connectivity index (χ0v) is 21.3. The Morgan fingerprint density at radius 1 is 1.26 bits per heavy atom. The number of aliphatic hydroxyl groups excluding tert-OH is 1. The number of carbonyl (C=O) groups is 2. The molecular weight excluding hydrogens is 470 g/mol. The van der Waals surface area contributed by atoms with E-state index in [4.69, 9.17) is 4.74 Å². The molecule has 190 valence electrons. The highest BCUT2D eigenvalue weighted by atomic mass is 32.2. The number of nitrogens with zero attached hydrogens (tertiary/aromatic N) is 2. The van der Waals surface area contributed by atoms with Crippen molar-refractivity contribution in [3.63, 3.8) is 0 Å². The molecule has 2 N–H and O–H groups in total. The molecule has 1 aliphatic rings. The lowest BCUT2D eigenvalue weighted by atomic mass is 9.99. The lowest BCUT2D eigenvalue weighted by Gasteiger charge is -2.38. The van der Waals surface area contributed by atoms with Crippen molar-refractivity contribution in [2.45, 2.75) is 32.4 Å². The fourth-order valence-corrected chi connectivity index (χ4v) is 4.31. The maximum atomic E-state index is 13.5. The van der Waals surface area contributed by atoms with Crippen molar-refractivity contribution in [2.24, 2.45) is 5.92 Å². The molecule has 10 heteroatoms. The molecule has 0 radical (unpaired) electrons. The number of nitrogens with one attached hydrogen (secondary N) is 1. The van der Waals surface area contributed by atoms with Crippen LogP contribution in [0.2, 0.25) is 0 Å². The predicted molar refractivity (Wildman–Crippen MR) is 134 cm³/mol. The number of amides is 2. The van der Waals surface area contributed by atoms with Crippen LogP contribution in [0.3, 0.4) is 0 Å². The molecule has 3 rings (SSSR count). The van der Waals surface area contributed by atoms with E-state index in [9.17, 15) is 23.1 Å². The van der Waals surface area contributed by atoms with Gasteiger partial charge in [0, 0.05) is 25.2 Å². The largest absolute Gasteiger partial charge is 0.488 e. The van der Waals surface area contributed by atoms with E-state index >= 15 is 0 Å². The van der Waals surface area contributed by atoms with Crippen LogP contribution in [0.1, 0.15) is 29.8 Å². The Bertz CT molecular complexity index is 1160. The molecule has 0 spiro atoms. The number of rotatable bonds is 8. The SMILES string of the molecule is C[C@H](CO)N1C[C@H](C)[C@H](CN(C)S(C)(=O)=O)Oc2ccc(NC(=O)Cc3ccccc3)cc2C1=O. The van der Waals surface area contributed by atoms with Gasteiger partial charge < -0.3 is 20.1 Å². The van der Waals surface area contributed by atoms with Crippen molar-refractivity contribution in [2.75, 3.05) is 38.3 Å².